The third-order valence-electron chi connectivity index (χ3n) is 4.43. The quantitative estimate of drug-likeness (QED) is 0.687. The predicted octanol–water partition coefficient (Wildman–Crippen LogP) is 2.53. The fraction of sp³-hybridized carbons (Fsp3) is 0.200. The van der Waals surface area contributed by atoms with E-state index in [-0.39, 0.29) is 6.54 Å². The number of pyridine rings is 2. The molecule has 0 bridgehead atoms. The Hall–Kier alpha value is -2.97. The lowest BCUT2D eigenvalue weighted by Gasteiger charge is -2.14. The number of nitrogens with one attached hydrogen (secondary N) is 1. The highest BCUT2D eigenvalue weighted by molar-refractivity contribution is 7.89. The van der Waals surface area contributed by atoms with Crippen LogP contribution in [0.1, 0.15) is 11.3 Å². The molecule has 0 aliphatic carbocycles. The van der Waals surface area contributed by atoms with Crippen LogP contribution in [0.5, 0.6) is 11.5 Å². The molecule has 2 aromatic heterocycles. The zero-order valence-corrected chi connectivity index (χ0v) is 16.0. The Labute approximate surface area is 163 Å². The minimum absolute atomic E-state index is 0.0234. The Morgan fingerprint density at radius 3 is 2.71 bits per heavy atom. The van der Waals surface area contributed by atoms with Crippen LogP contribution in [0.4, 0.5) is 0 Å². The van der Waals surface area contributed by atoms with E-state index < -0.39 is 15.5 Å². The summed E-state index contributed by atoms with van der Waals surface area (Å²) >= 11 is 0. The molecular formula is C20H19N3O4S. The Morgan fingerprint density at radius 1 is 1.14 bits per heavy atom. The molecule has 7 nitrogen and oxygen atoms in total. The van der Waals surface area contributed by atoms with Gasteiger partial charge in [-0.05, 0) is 23.8 Å². The Bertz CT molecular complexity index is 1060. The second kappa shape index (κ2) is 7.57. The molecule has 8 heteroatoms. The molecule has 0 amide bonds. The van der Waals surface area contributed by atoms with Crippen LogP contribution in [0, 0.1) is 0 Å². The summed E-state index contributed by atoms with van der Waals surface area (Å²) in [5.74, 6) is 1.18. The summed E-state index contributed by atoms with van der Waals surface area (Å²) in [4.78, 5) is 8.79. The lowest BCUT2D eigenvalue weighted by molar-refractivity contribution is 0.303. The number of para-hydroxylation sites is 1. The van der Waals surface area contributed by atoms with Crippen molar-refractivity contribution < 1.29 is 17.9 Å². The third-order valence-corrected chi connectivity index (χ3v) is 5.93. The molecule has 1 unspecified atom stereocenters. The van der Waals surface area contributed by atoms with E-state index in [9.17, 15) is 8.42 Å². The van der Waals surface area contributed by atoms with E-state index in [4.69, 9.17) is 9.47 Å². The zero-order chi connectivity index (χ0) is 19.6. The molecule has 0 spiro atoms. The average Bonchev–Trinajstić information content (AvgIpc) is 3.18. The summed E-state index contributed by atoms with van der Waals surface area (Å²) < 4.78 is 38.9. The molecule has 28 heavy (non-hydrogen) atoms. The van der Waals surface area contributed by atoms with Gasteiger partial charge in [-0.25, -0.2) is 18.1 Å². The van der Waals surface area contributed by atoms with Gasteiger partial charge in [-0.2, -0.15) is 0 Å². The third kappa shape index (κ3) is 3.83. The van der Waals surface area contributed by atoms with Crippen molar-refractivity contribution in [3.63, 3.8) is 0 Å². The molecule has 0 radical (unpaired) electrons. The van der Waals surface area contributed by atoms with Gasteiger partial charge in [0.25, 0.3) is 10.0 Å². The van der Waals surface area contributed by atoms with Crippen molar-refractivity contribution >= 4 is 10.0 Å². The van der Waals surface area contributed by atoms with Crippen molar-refractivity contribution in [1.82, 2.24) is 14.7 Å². The number of aromatic nitrogens is 2. The summed E-state index contributed by atoms with van der Waals surface area (Å²) in [6.07, 6.45) is 1.99. The van der Waals surface area contributed by atoms with E-state index in [2.05, 4.69) is 14.7 Å². The van der Waals surface area contributed by atoms with Crippen molar-refractivity contribution in [2.45, 2.75) is 18.4 Å². The lowest BCUT2D eigenvalue weighted by Crippen LogP contribution is -2.36. The monoisotopic (exact) mass is 397 g/mol. The van der Waals surface area contributed by atoms with Gasteiger partial charge in [0.05, 0.1) is 30.7 Å². The maximum Gasteiger partial charge on any atom is 0.250 e. The maximum absolute atomic E-state index is 12.7. The predicted molar refractivity (Wildman–Crippen MR) is 104 cm³/mol. The minimum Gasteiger partial charge on any atom is -0.497 e. The number of fused-ring (bicyclic) bond motifs is 1. The van der Waals surface area contributed by atoms with Gasteiger partial charge in [-0.15, -0.1) is 0 Å². The lowest BCUT2D eigenvalue weighted by atomic mass is 10.2. The number of hydrogen-bond acceptors (Lipinski definition) is 6. The molecular weight excluding hydrogens is 378 g/mol. The van der Waals surface area contributed by atoms with Crippen LogP contribution in [-0.4, -0.2) is 30.9 Å². The van der Waals surface area contributed by atoms with Crippen LogP contribution in [0.2, 0.25) is 0 Å². The van der Waals surface area contributed by atoms with Crippen LogP contribution < -0.4 is 14.2 Å². The first-order valence-corrected chi connectivity index (χ1v) is 10.3. The normalized spacial score (nSPS) is 15.7. The van der Waals surface area contributed by atoms with E-state index >= 15 is 0 Å². The van der Waals surface area contributed by atoms with E-state index in [0.717, 1.165) is 5.56 Å². The van der Waals surface area contributed by atoms with E-state index in [0.29, 0.717) is 35.0 Å². The smallest absolute Gasteiger partial charge is 0.250 e. The molecule has 0 saturated heterocycles. The second-order valence-corrected chi connectivity index (χ2v) is 8.23. The van der Waals surface area contributed by atoms with Gasteiger partial charge in [-0.3, -0.25) is 4.98 Å². The van der Waals surface area contributed by atoms with Crippen LogP contribution >= 0.6 is 0 Å². The summed E-state index contributed by atoms with van der Waals surface area (Å²) in [5, 5.41) is 0. The number of rotatable bonds is 6. The fourth-order valence-electron chi connectivity index (χ4n) is 3.00. The van der Waals surface area contributed by atoms with Crippen LogP contribution in [0.3, 0.4) is 0 Å². The fourth-order valence-corrected chi connectivity index (χ4v) is 4.17. The summed E-state index contributed by atoms with van der Waals surface area (Å²) in [7, 11) is -2.14. The van der Waals surface area contributed by atoms with E-state index in [1.807, 2.05) is 36.4 Å². The second-order valence-electron chi connectivity index (χ2n) is 6.32. The highest BCUT2D eigenvalue weighted by Crippen LogP contribution is 2.30. The highest BCUT2D eigenvalue weighted by atomic mass is 32.2. The first-order valence-electron chi connectivity index (χ1n) is 8.74. The van der Waals surface area contributed by atoms with E-state index in [1.54, 1.807) is 31.5 Å². The molecule has 1 atom stereocenters. The van der Waals surface area contributed by atoms with Gasteiger partial charge < -0.3 is 9.47 Å². The molecule has 1 aliphatic rings. The van der Waals surface area contributed by atoms with Crippen LogP contribution in [-0.2, 0) is 23.0 Å². The standard InChI is InChI=1S/C20H19N3O4S/c1-26-16-11-15(23-18(12-16)17-7-4-5-9-21-17)13-22-28(24,25)20-10-14-6-2-3-8-19(14)27-20/h2-9,11-12,20,22H,10,13H2,1H3. The topological polar surface area (TPSA) is 90.4 Å². The maximum atomic E-state index is 12.7. The summed E-state index contributed by atoms with van der Waals surface area (Å²) in [5.41, 5.74) is 1.75. The number of sulfonamides is 1. The molecule has 0 saturated carbocycles. The van der Waals surface area contributed by atoms with Crippen molar-refractivity contribution in [1.29, 1.82) is 0 Å². The van der Waals surface area contributed by atoms with Crippen LogP contribution in [0.15, 0.2) is 60.8 Å². The number of nitrogens with zero attached hydrogens (tertiary/aromatic N) is 2. The van der Waals surface area contributed by atoms with Gasteiger partial charge >= 0.3 is 0 Å². The van der Waals surface area contributed by atoms with Crippen LogP contribution in [0.25, 0.3) is 11.4 Å². The minimum atomic E-state index is -3.69. The van der Waals surface area contributed by atoms with Crippen molar-refractivity contribution in [3.8, 4) is 22.9 Å². The number of ether oxygens (including phenoxy) is 2. The summed E-state index contributed by atoms with van der Waals surface area (Å²) in [6, 6.07) is 16.3. The number of benzene rings is 1. The molecule has 1 aromatic carbocycles. The summed E-state index contributed by atoms with van der Waals surface area (Å²) in [6.45, 7) is 0.0234. The molecule has 1 N–H and O–H groups in total. The highest BCUT2D eigenvalue weighted by Gasteiger charge is 2.33. The number of hydrogen-bond donors (Lipinski definition) is 1. The van der Waals surface area contributed by atoms with E-state index in [1.165, 1.54) is 0 Å². The first kappa shape index (κ1) is 18.4. The van der Waals surface area contributed by atoms with Crippen molar-refractivity contribution in [2.75, 3.05) is 7.11 Å². The van der Waals surface area contributed by atoms with Gasteiger partial charge in [0, 0.05) is 24.8 Å². The van der Waals surface area contributed by atoms with Crippen molar-refractivity contribution in [3.05, 3.63) is 72.1 Å². The molecule has 0 fully saturated rings. The Morgan fingerprint density at radius 2 is 1.96 bits per heavy atom. The van der Waals surface area contributed by atoms with Gasteiger partial charge in [0.2, 0.25) is 5.44 Å². The average molecular weight is 397 g/mol. The van der Waals surface area contributed by atoms with Gasteiger partial charge in [0.1, 0.15) is 11.5 Å². The first-order chi connectivity index (χ1) is 13.5. The van der Waals surface area contributed by atoms with Crippen molar-refractivity contribution in [2.24, 2.45) is 0 Å². The molecule has 3 aromatic rings. The molecule has 4 rings (SSSR count). The van der Waals surface area contributed by atoms with Gasteiger partial charge in [0.15, 0.2) is 0 Å². The molecule has 144 valence electrons. The Kier molecular flexibility index (Phi) is 4.97. The molecule has 3 heterocycles. The largest absolute Gasteiger partial charge is 0.497 e. The molecule has 1 aliphatic heterocycles. The van der Waals surface area contributed by atoms with Gasteiger partial charge in [-0.1, -0.05) is 24.3 Å². The number of methoxy groups -OCH3 is 1. The zero-order valence-electron chi connectivity index (χ0n) is 15.2. The Balaban J connectivity index is 1.52. The SMILES string of the molecule is COc1cc(CNS(=O)(=O)C2Cc3ccccc3O2)nc(-c2ccccn2)c1.